The summed E-state index contributed by atoms with van der Waals surface area (Å²) in [5.74, 6) is -0.849. The van der Waals surface area contributed by atoms with Crippen molar-refractivity contribution in [1.29, 1.82) is 0 Å². The van der Waals surface area contributed by atoms with Crippen molar-refractivity contribution in [3.05, 3.63) is 59.4 Å². The first-order valence-electron chi connectivity index (χ1n) is 11.3. The molecule has 2 heterocycles. The number of carbonyl (C=O) groups excluding carboxylic acids is 1. The van der Waals surface area contributed by atoms with Crippen LogP contribution in [0, 0.1) is 0 Å². The number of carbonyl (C=O) groups is 2. The van der Waals surface area contributed by atoms with Crippen LogP contribution in [0.15, 0.2) is 42.5 Å². The maximum atomic E-state index is 12.5. The summed E-state index contributed by atoms with van der Waals surface area (Å²) in [6.07, 6.45) is 1.49. The SMILES string of the molecule is COC(=O)N1c2ccc3c(nc(CC(C(=O)O)c4ccccc4)n3C(C)(C)C)c2CCC1C. The number of carboxylic acids is 1. The number of hydrogen-bond acceptors (Lipinski definition) is 4. The second kappa shape index (κ2) is 8.54. The Morgan fingerprint density at radius 3 is 2.48 bits per heavy atom. The van der Waals surface area contributed by atoms with Gasteiger partial charge in [-0.2, -0.15) is 0 Å². The van der Waals surface area contributed by atoms with Crippen LogP contribution in [0.1, 0.15) is 57.0 Å². The van der Waals surface area contributed by atoms with Gasteiger partial charge < -0.3 is 14.4 Å². The van der Waals surface area contributed by atoms with Gasteiger partial charge in [-0.15, -0.1) is 0 Å². The van der Waals surface area contributed by atoms with Gasteiger partial charge in [-0.05, 0) is 58.2 Å². The normalized spacial score (nSPS) is 17.0. The number of methoxy groups -OCH3 is 1. The molecule has 1 aliphatic rings. The van der Waals surface area contributed by atoms with Crippen molar-refractivity contribution in [2.45, 2.75) is 64.5 Å². The summed E-state index contributed by atoms with van der Waals surface area (Å²) in [6, 6.07) is 13.3. The second-order valence-electron chi connectivity index (χ2n) is 9.70. The number of hydrogen-bond donors (Lipinski definition) is 1. The highest BCUT2D eigenvalue weighted by molar-refractivity contribution is 5.95. The van der Waals surface area contributed by atoms with Gasteiger partial charge in [-0.25, -0.2) is 9.78 Å². The van der Waals surface area contributed by atoms with Crippen LogP contribution in [-0.4, -0.2) is 39.9 Å². The summed E-state index contributed by atoms with van der Waals surface area (Å²) in [5.41, 5.74) is 4.05. The van der Waals surface area contributed by atoms with E-state index in [2.05, 4.69) is 25.3 Å². The van der Waals surface area contributed by atoms with Crippen LogP contribution in [0.2, 0.25) is 0 Å². The quantitative estimate of drug-likeness (QED) is 0.598. The van der Waals surface area contributed by atoms with Crippen LogP contribution in [0.3, 0.4) is 0 Å². The molecule has 0 radical (unpaired) electrons. The number of aliphatic carboxylic acids is 1. The minimum atomic E-state index is -0.874. The number of amides is 1. The highest BCUT2D eigenvalue weighted by Crippen LogP contribution is 2.38. The summed E-state index contributed by atoms with van der Waals surface area (Å²) in [6.45, 7) is 8.30. The van der Waals surface area contributed by atoms with Gasteiger partial charge in [0.05, 0.1) is 29.7 Å². The number of imidazole rings is 1. The summed E-state index contributed by atoms with van der Waals surface area (Å²) in [4.78, 5) is 31.4. The van der Waals surface area contributed by atoms with Crippen molar-refractivity contribution in [3.63, 3.8) is 0 Å². The maximum absolute atomic E-state index is 12.5. The number of anilines is 1. The van der Waals surface area contributed by atoms with Gasteiger partial charge in [-0.3, -0.25) is 9.69 Å². The minimum absolute atomic E-state index is 0.0287. The molecule has 0 saturated carbocycles. The average molecular weight is 450 g/mol. The van der Waals surface area contributed by atoms with Gasteiger partial charge in [0.25, 0.3) is 0 Å². The van der Waals surface area contributed by atoms with Crippen LogP contribution in [0.25, 0.3) is 11.0 Å². The molecule has 7 heteroatoms. The molecule has 0 fully saturated rings. The van der Waals surface area contributed by atoms with Crippen LogP contribution in [-0.2, 0) is 27.9 Å². The average Bonchev–Trinajstić information content (AvgIpc) is 3.16. The van der Waals surface area contributed by atoms with E-state index in [0.717, 1.165) is 46.5 Å². The van der Waals surface area contributed by atoms with E-state index in [1.165, 1.54) is 7.11 Å². The standard InChI is InChI=1S/C26H31N3O4/c1-16-11-12-18-20(28(16)25(32)33-5)13-14-21-23(18)27-22(29(21)26(2,3)4)15-19(24(30)31)17-9-7-6-8-10-17/h6-10,13-14,16,19H,11-12,15H2,1-5H3,(H,30,31). The Bertz CT molecular complexity index is 1190. The molecule has 0 saturated heterocycles. The monoisotopic (exact) mass is 449 g/mol. The van der Waals surface area contributed by atoms with Crippen molar-refractivity contribution >= 4 is 28.8 Å². The zero-order valence-electron chi connectivity index (χ0n) is 19.8. The van der Waals surface area contributed by atoms with Crippen molar-refractivity contribution in [2.24, 2.45) is 0 Å². The topological polar surface area (TPSA) is 84.7 Å². The molecule has 174 valence electrons. The molecule has 1 amide bonds. The van der Waals surface area contributed by atoms with Gasteiger partial charge in [0, 0.05) is 23.6 Å². The van der Waals surface area contributed by atoms with E-state index in [9.17, 15) is 14.7 Å². The fourth-order valence-electron chi connectivity index (χ4n) is 4.91. The summed E-state index contributed by atoms with van der Waals surface area (Å²) < 4.78 is 7.18. The molecule has 7 nitrogen and oxygen atoms in total. The molecule has 3 aromatic rings. The Morgan fingerprint density at radius 2 is 1.88 bits per heavy atom. The number of fused-ring (bicyclic) bond motifs is 3. The molecule has 1 N–H and O–H groups in total. The molecule has 0 bridgehead atoms. The number of aryl methyl sites for hydroxylation is 1. The number of ether oxygens (including phenoxy) is 1. The zero-order valence-corrected chi connectivity index (χ0v) is 19.8. The number of nitrogens with zero attached hydrogens (tertiary/aromatic N) is 3. The fraction of sp³-hybridized carbons (Fsp3) is 0.423. The van der Waals surface area contributed by atoms with Crippen LogP contribution in [0.5, 0.6) is 0 Å². The number of rotatable bonds is 4. The van der Waals surface area contributed by atoms with E-state index in [0.29, 0.717) is 0 Å². The third-order valence-corrected chi connectivity index (χ3v) is 6.42. The largest absolute Gasteiger partial charge is 0.481 e. The third-order valence-electron chi connectivity index (χ3n) is 6.42. The Hall–Kier alpha value is -3.35. The van der Waals surface area contributed by atoms with Gasteiger partial charge >= 0.3 is 12.1 Å². The Labute approximate surface area is 194 Å². The second-order valence-corrected chi connectivity index (χ2v) is 9.70. The van der Waals surface area contributed by atoms with Crippen molar-refractivity contribution < 1.29 is 19.4 Å². The summed E-state index contributed by atoms with van der Waals surface area (Å²) >= 11 is 0. The zero-order chi connectivity index (χ0) is 23.9. The first kappa shape index (κ1) is 22.8. The van der Waals surface area contributed by atoms with Gasteiger partial charge in [0.2, 0.25) is 0 Å². The van der Waals surface area contributed by atoms with Gasteiger partial charge in [-0.1, -0.05) is 30.3 Å². The predicted octanol–water partition coefficient (Wildman–Crippen LogP) is 5.11. The maximum Gasteiger partial charge on any atom is 0.414 e. The highest BCUT2D eigenvalue weighted by Gasteiger charge is 2.33. The molecule has 1 aromatic heterocycles. The molecule has 4 rings (SSSR count). The highest BCUT2D eigenvalue weighted by atomic mass is 16.5. The van der Waals surface area contributed by atoms with Crippen molar-refractivity contribution in [2.75, 3.05) is 12.0 Å². The van der Waals surface area contributed by atoms with Crippen LogP contribution < -0.4 is 4.90 Å². The molecule has 33 heavy (non-hydrogen) atoms. The molecular weight excluding hydrogens is 418 g/mol. The number of benzene rings is 2. The molecule has 2 atom stereocenters. The summed E-state index contributed by atoms with van der Waals surface area (Å²) in [7, 11) is 1.39. The first-order chi connectivity index (χ1) is 15.6. The van der Waals surface area contributed by atoms with Gasteiger partial charge in [0.15, 0.2) is 0 Å². The Kier molecular flexibility index (Phi) is 5.91. The number of aromatic nitrogens is 2. The summed E-state index contributed by atoms with van der Waals surface area (Å²) in [5, 5.41) is 10.0. The minimum Gasteiger partial charge on any atom is -0.481 e. The third kappa shape index (κ3) is 4.08. The van der Waals surface area contributed by atoms with E-state index in [1.54, 1.807) is 4.90 Å². The molecule has 2 unspecified atom stereocenters. The van der Waals surface area contributed by atoms with E-state index in [-0.39, 0.29) is 24.1 Å². The number of carboxylic acid groups (broad SMARTS) is 1. The van der Waals surface area contributed by atoms with E-state index in [4.69, 9.17) is 9.72 Å². The Balaban J connectivity index is 1.89. The lowest BCUT2D eigenvalue weighted by Crippen LogP contribution is -2.42. The lowest BCUT2D eigenvalue weighted by molar-refractivity contribution is -0.138. The van der Waals surface area contributed by atoms with Crippen molar-refractivity contribution in [3.8, 4) is 0 Å². The molecule has 0 aliphatic carbocycles. The molecule has 0 spiro atoms. The lowest BCUT2D eigenvalue weighted by Gasteiger charge is -2.34. The van der Waals surface area contributed by atoms with Crippen LogP contribution >= 0.6 is 0 Å². The van der Waals surface area contributed by atoms with Crippen LogP contribution in [0.4, 0.5) is 10.5 Å². The lowest BCUT2D eigenvalue weighted by atomic mass is 9.95. The van der Waals surface area contributed by atoms with Crippen molar-refractivity contribution in [1.82, 2.24) is 9.55 Å². The van der Waals surface area contributed by atoms with E-state index in [1.807, 2.05) is 49.4 Å². The first-order valence-corrected chi connectivity index (χ1v) is 11.3. The predicted molar refractivity (Wildman–Crippen MR) is 128 cm³/mol. The van der Waals surface area contributed by atoms with E-state index >= 15 is 0 Å². The molecule has 1 aliphatic heterocycles. The fourth-order valence-corrected chi connectivity index (χ4v) is 4.91. The van der Waals surface area contributed by atoms with E-state index < -0.39 is 11.9 Å². The smallest absolute Gasteiger partial charge is 0.414 e. The Morgan fingerprint density at radius 1 is 1.18 bits per heavy atom. The van der Waals surface area contributed by atoms with Gasteiger partial charge in [0.1, 0.15) is 5.82 Å². The molecule has 2 aromatic carbocycles. The molecular formula is C26H31N3O4.